The zero-order valence-electron chi connectivity index (χ0n) is 18.7. The Bertz CT molecular complexity index is 1130. The van der Waals surface area contributed by atoms with Gasteiger partial charge in [-0.3, -0.25) is 4.68 Å². The van der Waals surface area contributed by atoms with Gasteiger partial charge >= 0.3 is 0 Å². The molecule has 0 unspecified atom stereocenters. The van der Waals surface area contributed by atoms with Crippen molar-refractivity contribution in [1.82, 2.24) is 19.7 Å². The molecule has 2 N–H and O–H groups in total. The quantitative estimate of drug-likeness (QED) is 0.593. The van der Waals surface area contributed by atoms with Crippen molar-refractivity contribution in [3.05, 3.63) is 35.2 Å². The number of aromatic nitrogens is 4. The van der Waals surface area contributed by atoms with Crippen LogP contribution in [0, 0.1) is 6.92 Å². The lowest BCUT2D eigenvalue weighted by Gasteiger charge is -2.37. The first kappa shape index (κ1) is 21.4. The predicted molar refractivity (Wildman–Crippen MR) is 126 cm³/mol. The lowest BCUT2D eigenvalue weighted by atomic mass is 9.89. The van der Waals surface area contributed by atoms with E-state index in [-0.39, 0.29) is 0 Å². The van der Waals surface area contributed by atoms with Crippen molar-refractivity contribution < 1.29 is 9.84 Å². The van der Waals surface area contributed by atoms with Gasteiger partial charge in [0.2, 0.25) is 5.95 Å². The second-order valence-electron chi connectivity index (χ2n) is 9.24. The van der Waals surface area contributed by atoms with Gasteiger partial charge in [0.1, 0.15) is 0 Å². The van der Waals surface area contributed by atoms with E-state index in [1.807, 2.05) is 25.3 Å². The van der Waals surface area contributed by atoms with E-state index in [0.29, 0.717) is 36.0 Å². The average molecular weight is 457 g/mol. The molecule has 8 nitrogen and oxygen atoms in total. The van der Waals surface area contributed by atoms with Gasteiger partial charge in [-0.05, 0) is 51.7 Å². The molecule has 0 bridgehead atoms. The Morgan fingerprint density at radius 3 is 2.69 bits per heavy atom. The van der Waals surface area contributed by atoms with Gasteiger partial charge in [0.05, 0.1) is 51.6 Å². The molecule has 32 heavy (non-hydrogen) atoms. The Labute approximate surface area is 192 Å². The summed E-state index contributed by atoms with van der Waals surface area (Å²) in [6, 6.07) is 4.30. The number of ether oxygens (including phenoxy) is 1. The van der Waals surface area contributed by atoms with Crippen LogP contribution >= 0.6 is 11.6 Å². The molecule has 0 radical (unpaired) electrons. The molecule has 3 heterocycles. The Morgan fingerprint density at radius 2 is 1.97 bits per heavy atom. The maximum atomic E-state index is 10.3. The van der Waals surface area contributed by atoms with Gasteiger partial charge < -0.3 is 20.1 Å². The topological polar surface area (TPSA) is 88.3 Å². The van der Waals surface area contributed by atoms with Gasteiger partial charge in [0.15, 0.2) is 0 Å². The summed E-state index contributed by atoms with van der Waals surface area (Å²) < 4.78 is 7.45. The van der Waals surface area contributed by atoms with Crippen LogP contribution in [0.1, 0.15) is 44.3 Å². The lowest BCUT2D eigenvalue weighted by Crippen LogP contribution is -2.42. The fraction of sp³-hybridized carbons (Fsp3) is 0.522. The minimum absolute atomic E-state index is 0.330. The molecular formula is C23H29ClN6O2. The second kappa shape index (κ2) is 8.17. The van der Waals surface area contributed by atoms with Gasteiger partial charge in [-0.1, -0.05) is 11.6 Å². The first-order chi connectivity index (χ1) is 15.3. The maximum Gasteiger partial charge on any atom is 0.227 e. The van der Waals surface area contributed by atoms with E-state index >= 15 is 0 Å². The SMILES string of the molecule is CO[C@H]1C[C@H](n2ncc(Nc3ncc4cc(Cl)c(N5CCC(C)(O)CC5)cc4n3)c2C)C1. The van der Waals surface area contributed by atoms with E-state index in [2.05, 4.69) is 31.9 Å². The van der Waals surface area contributed by atoms with Crippen molar-refractivity contribution in [2.75, 3.05) is 30.4 Å². The molecule has 1 aliphatic heterocycles. The van der Waals surface area contributed by atoms with Gasteiger partial charge in [0, 0.05) is 31.8 Å². The molecule has 1 saturated heterocycles. The molecular weight excluding hydrogens is 428 g/mol. The Kier molecular flexibility index (Phi) is 5.47. The van der Waals surface area contributed by atoms with E-state index < -0.39 is 5.60 Å². The van der Waals surface area contributed by atoms with Crippen LogP contribution in [0.15, 0.2) is 24.5 Å². The number of methoxy groups -OCH3 is 1. The molecule has 0 spiro atoms. The molecule has 1 saturated carbocycles. The van der Waals surface area contributed by atoms with Crippen molar-refractivity contribution in [1.29, 1.82) is 0 Å². The first-order valence-electron chi connectivity index (χ1n) is 11.1. The van der Waals surface area contributed by atoms with Crippen molar-refractivity contribution in [3.8, 4) is 0 Å². The molecule has 2 aliphatic rings. The van der Waals surface area contributed by atoms with Crippen LogP contribution in [0.3, 0.4) is 0 Å². The summed E-state index contributed by atoms with van der Waals surface area (Å²) in [5.74, 6) is 0.526. The zero-order valence-corrected chi connectivity index (χ0v) is 19.4. The summed E-state index contributed by atoms with van der Waals surface area (Å²) in [4.78, 5) is 11.4. The number of anilines is 3. The van der Waals surface area contributed by atoms with Crippen molar-refractivity contribution in [3.63, 3.8) is 0 Å². The monoisotopic (exact) mass is 456 g/mol. The molecule has 0 amide bonds. The summed E-state index contributed by atoms with van der Waals surface area (Å²) >= 11 is 6.58. The van der Waals surface area contributed by atoms with Gasteiger partial charge in [-0.15, -0.1) is 0 Å². The third-order valence-corrected chi connectivity index (χ3v) is 7.17. The maximum absolute atomic E-state index is 10.3. The fourth-order valence-electron chi connectivity index (χ4n) is 4.54. The number of hydrogen-bond acceptors (Lipinski definition) is 7. The van der Waals surface area contributed by atoms with E-state index in [1.54, 1.807) is 13.3 Å². The van der Waals surface area contributed by atoms with Crippen LogP contribution in [0.4, 0.5) is 17.3 Å². The highest BCUT2D eigenvalue weighted by Crippen LogP contribution is 2.37. The number of benzene rings is 1. The summed E-state index contributed by atoms with van der Waals surface area (Å²) in [7, 11) is 1.76. The first-order valence-corrected chi connectivity index (χ1v) is 11.5. The van der Waals surface area contributed by atoms with Crippen molar-refractivity contribution >= 4 is 39.8 Å². The van der Waals surface area contributed by atoms with Gasteiger partial charge in [0.25, 0.3) is 0 Å². The molecule has 9 heteroatoms. The molecule has 1 aliphatic carbocycles. The Balaban J connectivity index is 1.37. The number of rotatable bonds is 5. The summed E-state index contributed by atoms with van der Waals surface area (Å²) in [5, 5.41) is 19.7. The van der Waals surface area contributed by atoms with Crippen LogP contribution in [0.25, 0.3) is 10.9 Å². The number of halogens is 1. The van der Waals surface area contributed by atoms with Gasteiger partial charge in [-0.25, -0.2) is 9.97 Å². The number of nitrogens with one attached hydrogen (secondary N) is 1. The molecule has 3 aromatic rings. The number of piperidine rings is 1. The van der Waals surface area contributed by atoms with Crippen molar-refractivity contribution in [2.45, 2.75) is 57.3 Å². The summed E-state index contributed by atoms with van der Waals surface area (Å²) in [5.41, 5.74) is 3.13. The van der Waals surface area contributed by atoms with E-state index in [0.717, 1.165) is 53.9 Å². The average Bonchev–Trinajstić information content (AvgIpc) is 3.07. The smallest absolute Gasteiger partial charge is 0.227 e. The fourth-order valence-corrected chi connectivity index (χ4v) is 4.83. The third kappa shape index (κ3) is 4.02. The van der Waals surface area contributed by atoms with Crippen LogP contribution in [-0.2, 0) is 4.74 Å². The Hall–Kier alpha value is -2.42. The normalized spacial score (nSPS) is 22.7. The van der Waals surface area contributed by atoms with E-state index in [9.17, 15) is 5.11 Å². The standard InChI is InChI=1S/C23H29ClN6O2/c1-14-20(13-26-30(14)16-9-17(10-16)32-3)28-22-25-12-15-8-18(24)21(11-19(15)27-22)29-6-4-23(2,31)5-7-29/h8,11-13,16-17,31H,4-7,9-10H2,1-3H3,(H,25,27,28)/t16-,17-. The molecule has 5 rings (SSSR count). The largest absolute Gasteiger partial charge is 0.390 e. The number of fused-ring (bicyclic) bond motifs is 1. The zero-order chi connectivity index (χ0) is 22.5. The van der Waals surface area contributed by atoms with Crippen LogP contribution in [-0.4, -0.2) is 56.8 Å². The summed E-state index contributed by atoms with van der Waals surface area (Å²) in [6.45, 7) is 5.47. The molecule has 0 atom stereocenters. The number of hydrogen-bond donors (Lipinski definition) is 2. The Morgan fingerprint density at radius 1 is 1.22 bits per heavy atom. The highest BCUT2D eigenvalue weighted by Gasteiger charge is 2.32. The highest BCUT2D eigenvalue weighted by molar-refractivity contribution is 6.34. The minimum atomic E-state index is -0.606. The van der Waals surface area contributed by atoms with Crippen LogP contribution < -0.4 is 10.2 Å². The third-order valence-electron chi connectivity index (χ3n) is 6.87. The van der Waals surface area contributed by atoms with E-state index in [4.69, 9.17) is 21.3 Å². The minimum Gasteiger partial charge on any atom is -0.390 e. The second-order valence-corrected chi connectivity index (χ2v) is 9.64. The van der Waals surface area contributed by atoms with Gasteiger partial charge in [-0.2, -0.15) is 5.10 Å². The van der Waals surface area contributed by atoms with Crippen LogP contribution in [0.5, 0.6) is 0 Å². The van der Waals surface area contributed by atoms with E-state index in [1.165, 1.54) is 0 Å². The molecule has 1 aromatic carbocycles. The van der Waals surface area contributed by atoms with Crippen LogP contribution in [0.2, 0.25) is 5.02 Å². The van der Waals surface area contributed by atoms with Crippen molar-refractivity contribution in [2.24, 2.45) is 0 Å². The summed E-state index contributed by atoms with van der Waals surface area (Å²) in [6.07, 6.45) is 7.35. The molecule has 2 aromatic heterocycles. The predicted octanol–water partition coefficient (Wildman–Crippen LogP) is 4.23. The number of nitrogens with zero attached hydrogens (tertiary/aromatic N) is 5. The molecule has 2 fully saturated rings. The lowest BCUT2D eigenvalue weighted by molar-refractivity contribution is 0.00191. The highest BCUT2D eigenvalue weighted by atomic mass is 35.5. The molecule has 170 valence electrons. The number of aliphatic hydroxyl groups is 1.